The highest BCUT2D eigenvalue weighted by Gasteiger charge is 2.22. The molecule has 0 aliphatic heterocycles. The van der Waals surface area contributed by atoms with Crippen LogP contribution in [0, 0.1) is 0 Å². The Morgan fingerprint density at radius 3 is 1.37 bits per heavy atom. The van der Waals surface area contributed by atoms with Gasteiger partial charge in [-0.1, -0.05) is 136 Å². The molecule has 9 heteroatoms. The molecule has 0 aromatic carbocycles. The van der Waals surface area contributed by atoms with Gasteiger partial charge in [0.1, 0.15) is 6.61 Å². The first-order valence-electron chi connectivity index (χ1n) is 15.3. The molecule has 0 aliphatic rings. The van der Waals surface area contributed by atoms with Crippen LogP contribution < -0.4 is 0 Å². The van der Waals surface area contributed by atoms with Crippen molar-refractivity contribution < 1.29 is 37.9 Å². The Bertz CT molecular complexity index is 607. The van der Waals surface area contributed by atoms with Crippen molar-refractivity contribution in [2.24, 2.45) is 0 Å². The third kappa shape index (κ3) is 28.1. The summed E-state index contributed by atoms with van der Waals surface area (Å²) in [5, 5.41) is 0. The van der Waals surface area contributed by atoms with Crippen molar-refractivity contribution in [1.29, 1.82) is 0 Å². The van der Waals surface area contributed by atoms with Crippen molar-refractivity contribution in [1.82, 2.24) is 0 Å². The second kappa shape index (κ2) is 26.3. The van der Waals surface area contributed by atoms with Gasteiger partial charge in [-0.2, -0.15) is 0 Å². The van der Waals surface area contributed by atoms with Gasteiger partial charge in [0.15, 0.2) is 6.10 Å². The van der Waals surface area contributed by atoms with E-state index in [1.54, 1.807) is 6.92 Å². The van der Waals surface area contributed by atoms with E-state index in [1.807, 2.05) is 0 Å². The first-order valence-corrected chi connectivity index (χ1v) is 16.9. The van der Waals surface area contributed by atoms with Gasteiger partial charge in [-0.25, -0.2) is 4.57 Å². The highest BCUT2D eigenvalue weighted by molar-refractivity contribution is 7.46. The van der Waals surface area contributed by atoms with Crippen LogP contribution >= 0.6 is 7.82 Å². The Kier molecular flexibility index (Phi) is 25.6. The van der Waals surface area contributed by atoms with Crippen LogP contribution in [0.4, 0.5) is 0 Å². The van der Waals surface area contributed by atoms with Gasteiger partial charge in [0.05, 0.1) is 6.61 Å². The van der Waals surface area contributed by atoms with Gasteiger partial charge in [0.25, 0.3) is 0 Å². The van der Waals surface area contributed by atoms with E-state index in [4.69, 9.17) is 19.3 Å². The number of carbonyl (C=O) groups excluding carboxylic acids is 2. The summed E-state index contributed by atoms with van der Waals surface area (Å²) in [6.45, 7) is 3.06. The summed E-state index contributed by atoms with van der Waals surface area (Å²) in [7, 11) is -4.71. The van der Waals surface area contributed by atoms with Gasteiger partial charge >= 0.3 is 19.8 Å². The monoisotopic (exact) mass is 564 g/mol. The Labute approximate surface area is 232 Å². The Morgan fingerprint density at radius 2 is 1.00 bits per heavy atom. The van der Waals surface area contributed by atoms with Gasteiger partial charge < -0.3 is 19.3 Å². The number of carbonyl (C=O) groups is 2. The molecule has 226 valence electrons. The summed E-state index contributed by atoms with van der Waals surface area (Å²) < 4.78 is 25.4. The molecule has 0 saturated carbocycles. The van der Waals surface area contributed by atoms with Crippen LogP contribution in [-0.4, -0.2) is 41.0 Å². The maximum Gasteiger partial charge on any atom is 0.469 e. The topological polar surface area (TPSA) is 119 Å². The van der Waals surface area contributed by atoms with Crippen LogP contribution in [0.1, 0.15) is 155 Å². The maximum atomic E-state index is 12.1. The Hall–Kier alpha value is -0.950. The second-order valence-corrected chi connectivity index (χ2v) is 11.6. The molecule has 1 atom stereocenters. The highest BCUT2D eigenvalue weighted by Crippen LogP contribution is 2.35. The van der Waals surface area contributed by atoms with Crippen molar-refractivity contribution in [2.75, 3.05) is 13.2 Å². The summed E-state index contributed by atoms with van der Waals surface area (Å²) in [6, 6.07) is 0. The molecule has 1 unspecified atom stereocenters. The first-order chi connectivity index (χ1) is 18.3. The van der Waals surface area contributed by atoms with Gasteiger partial charge in [-0.3, -0.25) is 14.1 Å². The molecule has 0 amide bonds. The van der Waals surface area contributed by atoms with E-state index in [1.165, 1.54) is 109 Å². The molecule has 0 heterocycles. The lowest BCUT2D eigenvalue weighted by Gasteiger charge is -2.18. The molecule has 8 nitrogen and oxygen atoms in total. The molecule has 0 aromatic rings. The quantitative estimate of drug-likeness (QED) is 0.0555. The van der Waals surface area contributed by atoms with Crippen LogP contribution in [0.15, 0.2) is 0 Å². The number of ether oxygens (including phenoxy) is 2. The minimum Gasteiger partial charge on any atom is -0.462 e. The number of rotatable bonds is 28. The molecule has 0 radical (unpaired) electrons. The van der Waals surface area contributed by atoms with Crippen LogP contribution in [0.3, 0.4) is 0 Å². The number of hydrogen-bond acceptors (Lipinski definition) is 6. The minimum absolute atomic E-state index is 0.152. The van der Waals surface area contributed by atoms with Crippen molar-refractivity contribution >= 4 is 19.8 Å². The third-order valence-electron chi connectivity index (χ3n) is 6.68. The van der Waals surface area contributed by atoms with Crippen LogP contribution in [-0.2, 0) is 28.2 Å². The zero-order valence-corrected chi connectivity index (χ0v) is 25.2. The average Bonchev–Trinajstić information content (AvgIpc) is 2.88. The standard InChI is InChI=1S/C29H57O8P/c1-3-5-6-7-8-9-10-11-12-13-14-15-16-17-18-19-20-21-22-23-24-29(31)37-27(25-35-28(30)4-2)26-36-38(32,33)34/h27H,3-26H2,1-2H3,(H2,32,33,34). The van der Waals surface area contributed by atoms with Gasteiger partial charge in [-0.05, 0) is 6.42 Å². The van der Waals surface area contributed by atoms with Crippen molar-refractivity contribution in [3.05, 3.63) is 0 Å². The Morgan fingerprint density at radius 1 is 0.605 bits per heavy atom. The van der Waals surface area contributed by atoms with Crippen molar-refractivity contribution in [2.45, 2.75) is 161 Å². The fourth-order valence-electron chi connectivity index (χ4n) is 4.35. The number of hydrogen-bond donors (Lipinski definition) is 2. The van der Waals surface area contributed by atoms with Crippen LogP contribution in [0.2, 0.25) is 0 Å². The summed E-state index contributed by atoms with van der Waals surface area (Å²) >= 11 is 0. The van der Waals surface area contributed by atoms with E-state index >= 15 is 0 Å². The molecule has 0 bridgehead atoms. The van der Waals surface area contributed by atoms with Gasteiger partial charge in [0, 0.05) is 12.8 Å². The largest absolute Gasteiger partial charge is 0.469 e. The van der Waals surface area contributed by atoms with E-state index in [0.29, 0.717) is 6.42 Å². The summed E-state index contributed by atoms with van der Waals surface area (Å²) in [6.07, 6.45) is 25.1. The first kappa shape index (κ1) is 37.0. The molecular formula is C29H57O8P. The summed E-state index contributed by atoms with van der Waals surface area (Å²) in [5.74, 6) is -0.976. The van der Waals surface area contributed by atoms with Gasteiger partial charge in [0.2, 0.25) is 0 Å². The smallest absolute Gasteiger partial charge is 0.462 e. The maximum absolute atomic E-state index is 12.1. The predicted octanol–water partition coefficient (Wildman–Crippen LogP) is 8.17. The normalized spacial score (nSPS) is 12.4. The lowest BCUT2D eigenvalue weighted by Crippen LogP contribution is -2.29. The van der Waals surface area contributed by atoms with Crippen LogP contribution in [0.5, 0.6) is 0 Å². The number of phosphoric acid groups is 1. The lowest BCUT2D eigenvalue weighted by molar-refractivity contribution is -0.161. The lowest BCUT2D eigenvalue weighted by atomic mass is 10.0. The highest BCUT2D eigenvalue weighted by atomic mass is 31.2. The fraction of sp³-hybridized carbons (Fsp3) is 0.931. The molecule has 0 fully saturated rings. The SMILES string of the molecule is CCCCCCCCCCCCCCCCCCCCCCC(=O)OC(COC(=O)CC)COP(=O)(O)O. The molecule has 0 rings (SSSR count). The number of esters is 2. The minimum atomic E-state index is -4.71. The van der Waals surface area contributed by atoms with E-state index in [2.05, 4.69) is 11.4 Å². The third-order valence-corrected chi connectivity index (χ3v) is 7.17. The van der Waals surface area contributed by atoms with Crippen LogP contribution in [0.25, 0.3) is 0 Å². The number of unbranched alkanes of at least 4 members (excludes halogenated alkanes) is 19. The predicted molar refractivity (Wildman–Crippen MR) is 152 cm³/mol. The Balaban J connectivity index is 3.58. The van der Waals surface area contributed by atoms with E-state index in [-0.39, 0.29) is 19.4 Å². The van der Waals surface area contributed by atoms with Crippen molar-refractivity contribution in [3.8, 4) is 0 Å². The molecule has 38 heavy (non-hydrogen) atoms. The van der Waals surface area contributed by atoms with Crippen molar-refractivity contribution in [3.63, 3.8) is 0 Å². The van der Waals surface area contributed by atoms with Gasteiger partial charge in [-0.15, -0.1) is 0 Å². The summed E-state index contributed by atoms with van der Waals surface area (Å²) in [5.41, 5.74) is 0. The molecule has 0 aromatic heterocycles. The fourth-order valence-corrected chi connectivity index (χ4v) is 4.71. The van der Waals surface area contributed by atoms with E-state index in [9.17, 15) is 14.2 Å². The molecule has 0 spiro atoms. The number of phosphoric ester groups is 1. The molecular weight excluding hydrogens is 507 g/mol. The molecule has 0 saturated heterocycles. The summed E-state index contributed by atoms with van der Waals surface area (Å²) in [4.78, 5) is 41.1. The zero-order valence-electron chi connectivity index (χ0n) is 24.3. The molecule has 0 aliphatic carbocycles. The average molecular weight is 565 g/mol. The molecule has 2 N–H and O–H groups in total. The zero-order chi connectivity index (χ0) is 28.3. The van der Waals surface area contributed by atoms with E-state index in [0.717, 1.165) is 12.8 Å². The van der Waals surface area contributed by atoms with E-state index < -0.39 is 32.5 Å². The second-order valence-electron chi connectivity index (χ2n) is 10.4.